The van der Waals surface area contributed by atoms with Crippen LogP contribution in [0.5, 0.6) is 5.75 Å². The average Bonchev–Trinajstić information content (AvgIpc) is 3.27. The summed E-state index contributed by atoms with van der Waals surface area (Å²) >= 11 is 0. The lowest BCUT2D eigenvalue weighted by Gasteiger charge is -2.23. The van der Waals surface area contributed by atoms with Crippen LogP contribution in [0.15, 0.2) is 48.5 Å². The van der Waals surface area contributed by atoms with Gasteiger partial charge in [-0.1, -0.05) is 12.1 Å². The number of nitrogens with one attached hydrogen (secondary N) is 1. The molecule has 4 rings (SSSR count). The van der Waals surface area contributed by atoms with E-state index in [-0.39, 0.29) is 24.4 Å². The van der Waals surface area contributed by atoms with Crippen LogP contribution in [-0.4, -0.2) is 33.9 Å². The first kappa shape index (κ1) is 15.6. The molecule has 1 atom stereocenters. The van der Waals surface area contributed by atoms with Gasteiger partial charge in [0.2, 0.25) is 0 Å². The van der Waals surface area contributed by atoms with Gasteiger partial charge < -0.3 is 14.6 Å². The number of amides is 1. The SMILES string of the molecule is O=C(COc1ccc(F)cc1)N1CCCC1c1nc2ccccc2[nH]1. The summed E-state index contributed by atoms with van der Waals surface area (Å²) in [7, 11) is 0. The van der Waals surface area contributed by atoms with Crippen LogP contribution in [0.25, 0.3) is 11.0 Å². The van der Waals surface area contributed by atoms with Gasteiger partial charge in [0, 0.05) is 6.54 Å². The van der Waals surface area contributed by atoms with E-state index in [1.54, 1.807) is 4.90 Å². The summed E-state index contributed by atoms with van der Waals surface area (Å²) in [5, 5.41) is 0. The van der Waals surface area contributed by atoms with Crippen LogP contribution in [0, 0.1) is 5.82 Å². The zero-order valence-electron chi connectivity index (χ0n) is 13.6. The molecule has 0 spiro atoms. The van der Waals surface area contributed by atoms with Crippen molar-refractivity contribution in [3.05, 3.63) is 60.2 Å². The van der Waals surface area contributed by atoms with Crippen LogP contribution in [0.1, 0.15) is 24.7 Å². The van der Waals surface area contributed by atoms with Crippen LogP contribution in [0.4, 0.5) is 4.39 Å². The number of carbonyl (C=O) groups is 1. The van der Waals surface area contributed by atoms with Gasteiger partial charge in [-0.3, -0.25) is 4.79 Å². The number of hydrogen-bond donors (Lipinski definition) is 1. The predicted octanol–water partition coefficient (Wildman–Crippen LogP) is 3.44. The molecule has 1 N–H and O–H groups in total. The summed E-state index contributed by atoms with van der Waals surface area (Å²) < 4.78 is 18.4. The van der Waals surface area contributed by atoms with E-state index in [1.165, 1.54) is 24.3 Å². The Hall–Kier alpha value is -2.89. The first-order valence-corrected chi connectivity index (χ1v) is 8.33. The maximum absolute atomic E-state index is 12.9. The van der Waals surface area contributed by atoms with E-state index in [0.29, 0.717) is 12.3 Å². The molecule has 0 radical (unpaired) electrons. The van der Waals surface area contributed by atoms with Gasteiger partial charge in [0.15, 0.2) is 6.61 Å². The number of nitrogens with zero attached hydrogens (tertiary/aromatic N) is 2. The summed E-state index contributed by atoms with van der Waals surface area (Å²) in [5.74, 6) is 0.874. The fourth-order valence-corrected chi connectivity index (χ4v) is 3.24. The van der Waals surface area contributed by atoms with E-state index in [1.807, 2.05) is 24.3 Å². The molecule has 2 heterocycles. The first-order valence-electron chi connectivity index (χ1n) is 8.33. The number of hydrogen-bond acceptors (Lipinski definition) is 3. The number of H-pyrrole nitrogens is 1. The van der Waals surface area contributed by atoms with Crippen molar-refractivity contribution >= 4 is 16.9 Å². The Morgan fingerprint density at radius 1 is 1.24 bits per heavy atom. The Morgan fingerprint density at radius 3 is 2.84 bits per heavy atom. The van der Waals surface area contributed by atoms with Gasteiger partial charge in [-0.25, -0.2) is 9.37 Å². The molecule has 1 aromatic heterocycles. The minimum absolute atomic E-state index is 0.0586. The fourth-order valence-electron chi connectivity index (χ4n) is 3.24. The standard InChI is InChI=1S/C19H18FN3O2/c20-13-7-9-14(10-8-13)25-12-18(24)23-11-3-6-17(23)19-21-15-4-1-2-5-16(15)22-19/h1-2,4-5,7-10,17H,3,6,11-12H2,(H,21,22). The largest absolute Gasteiger partial charge is 0.484 e. The minimum atomic E-state index is -0.330. The monoisotopic (exact) mass is 339 g/mol. The van der Waals surface area contributed by atoms with Crippen LogP contribution in [0.2, 0.25) is 0 Å². The zero-order chi connectivity index (χ0) is 17.2. The summed E-state index contributed by atoms with van der Waals surface area (Å²) in [5.41, 5.74) is 1.87. The molecule has 1 aliphatic rings. The Labute approximate surface area is 144 Å². The van der Waals surface area contributed by atoms with Crippen molar-refractivity contribution in [2.45, 2.75) is 18.9 Å². The number of imidazole rings is 1. The first-order chi connectivity index (χ1) is 12.2. The third-order valence-electron chi connectivity index (χ3n) is 4.47. The summed E-state index contributed by atoms with van der Waals surface area (Å²) in [6, 6.07) is 13.4. The predicted molar refractivity (Wildman–Crippen MR) is 91.7 cm³/mol. The Bertz CT molecular complexity index is 858. The lowest BCUT2D eigenvalue weighted by molar-refractivity contribution is -0.134. The lowest BCUT2D eigenvalue weighted by Crippen LogP contribution is -2.34. The van der Waals surface area contributed by atoms with Gasteiger partial charge in [0.1, 0.15) is 17.4 Å². The van der Waals surface area contributed by atoms with E-state index < -0.39 is 0 Å². The van der Waals surface area contributed by atoms with E-state index in [0.717, 1.165) is 29.7 Å². The quantitative estimate of drug-likeness (QED) is 0.792. The second-order valence-corrected chi connectivity index (χ2v) is 6.13. The molecule has 1 aliphatic heterocycles. The molecule has 3 aromatic rings. The third kappa shape index (κ3) is 3.20. The van der Waals surface area contributed by atoms with Crippen LogP contribution >= 0.6 is 0 Å². The molecule has 2 aromatic carbocycles. The normalized spacial score (nSPS) is 17.2. The number of carbonyl (C=O) groups excluding carboxylic acids is 1. The van der Waals surface area contributed by atoms with Crippen molar-refractivity contribution in [1.29, 1.82) is 0 Å². The van der Waals surface area contributed by atoms with E-state index in [9.17, 15) is 9.18 Å². The molecule has 128 valence electrons. The Balaban J connectivity index is 1.46. The van der Waals surface area contributed by atoms with Gasteiger partial charge in [0.25, 0.3) is 5.91 Å². The van der Waals surface area contributed by atoms with Crippen LogP contribution in [0.3, 0.4) is 0 Å². The maximum atomic E-state index is 12.9. The molecule has 0 aliphatic carbocycles. The molecule has 6 heteroatoms. The second-order valence-electron chi connectivity index (χ2n) is 6.13. The average molecular weight is 339 g/mol. The van der Waals surface area contributed by atoms with Crippen LogP contribution in [-0.2, 0) is 4.79 Å². The Kier molecular flexibility index (Phi) is 4.09. The number of likely N-dealkylation sites (tertiary alicyclic amines) is 1. The van der Waals surface area contributed by atoms with Gasteiger partial charge in [0.05, 0.1) is 17.1 Å². The third-order valence-corrected chi connectivity index (χ3v) is 4.47. The van der Waals surface area contributed by atoms with Crippen LogP contribution < -0.4 is 4.74 Å². The van der Waals surface area contributed by atoms with Gasteiger partial charge in [-0.05, 0) is 49.2 Å². The molecule has 1 fully saturated rings. The summed E-state index contributed by atoms with van der Waals surface area (Å²) in [6.45, 7) is 0.621. The van der Waals surface area contributed by atoms with Gasteiger partial charge in [-0.2, -0.15) is 0 Å². The number of aromatic nitrogens is 2. The molecule has 1 saturated heterocycles. The summed E-state index contributed by atoms with van der Waals surface area (Å²) in [4.78, 5) is 22.3. The maximum Gasteiger partial charge on any atom is 0.261 e. The van der Waals surface area contributed by atoms with Crippen molar-refractivity contribution in [2.24, 2.45) is 0 Å². The minimum Gasteiger partial charge on any atom is -0.484 e. The lowest BCUT2D eigenvalue weighted by atomic mass is 10.2. The zero-order valence-corrected chi connectivity index (χ0v) is 13.6. The number of para-hydroxylation sites is 2. The molecule has 1 amide bonds. The molecule has 1 unspecified atom stereocenters. The van der Waals surface area contributed by atoms with Gasteiger partial charge >= 0.3 is 0 Å². The molecular weight excluding hydrogens is 321 g/mol. The smallest absolute Gasteiger partial charge is 0.261 e. The van der Waals surface area contributed by atoms with E-state index >= 15 is 0 Å². The van der Waals surface area contributed by atoms with E-state index in [4.69, 9.17) is 4.74 Å². The summed E-state index contributed by atoms with van der Waals surface area (Å²) in [6.07, 6.45) is 1.81. The number of benzene rings is 2. The molecule has 25 heavy (non-hydrogen) atoms. The highest BCUT2D eigenvalue weighted by Crippen LogP contribution is 2.31. The van der Waals surface area contributed by atoms with Crippen molar-refractivity contribution in [3.8, 4) is 5.75 Å². The fraction of sp³-hybridized carbons (Fsp3) is 0.263. The number of aromatic amines is 1. The van der Waals surface area contributed by atoms with Gasteiger partial charge in [-0.15, -0.1) is 0 Å². The highest BCUT2D eigenvalue weighted by molar-refractivity contribution is 5.79. The Morgan fingerprint density at radius 2 is 2.04 bits per heavy atom. The highest BCUT2D eigenvalue weighted by Gasteiger charge is 2.32. The second kappa shape index (κ2) is 6.55. The highest BCUT2D eigenvalue weighted by atomic mass is 19.1. The van der Waals surface area contributed by atoms with Crippen molar-refractivity contribution in [1.82, 2.24) is 14.9 Å². The number of fused-ring (bicyclic) bond motifs is 1. The molecule has 5 nitrogen and oxygen atoms in total. The number of ether oxygens (including phenoxy) is 1. The molecule has 0 bridgehead atoms. The topological polar surface area (TPSA) is 58.2 Å². The molecule has 0 saturated carbocycles. The van der Waals surface area contributed by atoms with Crippen molar-refractivity contribution in [2.75, 3.05) is 13.2 Å². The van der Waals surface area contributed by atoms with Crippen molar-refractivity contribution in [3.63, 3.8) is 0 Å². The van der Waals surface area contributed by atoms with E-state index in [2.05, 4.69) is 9.97 Å². The number of rotatable bonds is 4. The molecular formula is C19H18FN3O2. The van der Waals surface area contributed by atoms with Crippen molar-refractivity contribution < 1.29 is 13.9 Å². The number of halogens is 1.